The molecule has 3 nitrogen and oxygen atoms in total. The first-order valence-electron chi connectivity index (χ1n) is 5.82. The Kier molecular flexibility index (Phi) is 5.25. The zero-order chi connectivity index (χ0) is 14.5. The number of anilines is 1. The van der Waals surface area contributed by atoms with Gasteiger partial charge in [-0.3, -0.25) is 0 Å². The van der Waals surface area contributed by atoms with Crippen LogP contribution in [0.5, 0.6) is 11.5 Å². The van der Waals surface area contributed by atoms with Gasteiger partial charge in [-0.05, 0) is 46.3 Å². The molecule has 0 bridgehead atoms. The zero-order valence-electron chi connectivity index (χ0n) is 10.4. The SMILES string of the molecule is Nc1cc(Br)c(F)cc1OCCOc1ccc(Br)cc1. The summed E-state index contributed by atoms with van der Waals surface area (Å²) in [5.41, 5.74) is 6.11. The quantitative estimate of drug-likeness (QED) is 0.593. The molecule has 0 radical (unpaired) electrons. The van der Waals surface area contributed by atoms with Gasteiger partial charge >= 0.3 is 0 Å². The number of halogens is 3. The average molecular weight is 405 g/mol. The van der Waals surface area contributed by atoms with Gasteiger partial charge in [-0.15, -0.1) is 0 Å². The molecular weight excluding hydrogens is 393 g/mol. The highest BCUT2D eigenvalue weighted by atomic mass is 79.9. The average Bonchev–Trinajstić information content (AvgIpc) is 2.42. The Balaban J connectivity index is 1.84. The van der Waals surface area contributed by atoms with Crippen molar-refractivity contribution in [3.05, 3.63) is 51.2 Å². The van der Waals surface area contributed by atoms with E-state index in [1.165, 1.54) is 12.1 Å². The van der Waals surface area contributed by atoms with Crippen molar-refractivity contribution in [2.24, 2.45) is 0 Å². The van der Waals surface area contributed by atoms with Crippen LogP contribution in [0.4, 0.5) is 10.1 Å². The smallest absolute Gasteiger partial charge is 0.145 e. The van der Waals surface area contributed by atoms with Crippen molar-refractivity contribution < 1.29 is 13.9 Å². The maximum absolute atomic E-state index is 13.4. The van der Waals surface area contributed by atoms with E-state index < -0.39 is 5.82 Å². The molecule has 0 aliphatic carbocycles. The molecule has 106 valence electrons. The van der Waals surface area contributed by atoms with Crippen LogP contribution in [0.25, 0.3) is 0 Å². The second kappa shape index (κ2) is 6.95. The summed E-state index contributed by atoms with van der Waals surface area (Å²) in [5.74, 6) is 0.639. The molecule has 0 saturated carbocycles. The van der Waals surface area contributed by atoms with E-state index in [0.29, 0.717) is 22.5 Å². The zero-order valence-corrected chi connectivity index (χ0v) is 13.6. The van der Waals surface area contributed by atoms with Crippen LogP contribution in [-0.4, -0.2) is 13.2 Å². The third-order valence-electron chi connectivity index (χ3n) is 2.48. The Bertz CT molecular complexity index is 590. The van der Waals surface area contributed by atoms with E-state index in [-0.39, 0.29) is 6.61 Å². The van der Waals surface area contributed by atoms with Gasteiger partial charge in [0.2, 0.25) is 0 Å². The molecule has 0 amide bonds. The lowest BCUT2D eigenvalue weighted by Gasteiger charge is -2.11. The van der Waals surface area contributed by atoms with Crippen molar-refractivity contribution in [2.75, 3.05) is 18.9 Å². The van der Waals surface area contributed by atoms with Crippen molar-refractivity contribution in [3.8, 4) is 11.5 Å². The first-order chi connectivity index (χ1) is 9.56. The summed E-state index contributed by atoms with van der Waals surface area (Å²) in [6.07, 6.45) is 0. The molecule has 2 aromatic rings. The molecule has 0 saturated heterocycles. The van der Waals surface area contributed by atoms with Gasteiger partial charge < -0.3 is 15.2 Å². The van der Waals surface area contributed by atoms with Crippen LogP contribution >= 0.6 is 31.9 Å². The van der Waals surface area contributed by atoms with Gasteiger partial charge in [0.25, 0.3) is 0 Å². The fourth-order valence-corrected chi connectivity index (χ4v) is 2.14. The number of ether oxygens (including phenoxy) is 2. The summed E-state index contributed by atoms with van der Waals surface area (Å²) >= 11 is 6.40. The lowest BCUT2D eigenvalue weighted by Crippen LogP contribution is -2.10. The minimum Gasteiger partial charge on any atom is -0.490 e. The Hall–Kier alpha value is -1.27. The molecule has 0 heterocycles. The highest BCUT2D eigenvalue weighted by Gasteiger charge is 2.07. The van der Waals surface area contributed by atoms with Crippen LogP contribution in [0.1, 0.15) is 0 Å². The molecule has 2 N–H and O–H groups in total. The Morgan fingerprint density at radius 1 is 1.00 bits per heavy atom. The van der Waals surface area contributed by atoms with Crippen molar-refractivity contribution in [3.63, 3.8) is 0 Å². The van der Waals surface area contributed by atoms with E-state index in [1.807, 2.05) is 24.3 Å². The third kappa shape index (κ3) is 4.11. The van der Waals surface area contributed by atoms with Crippen molar-refractivity contribution in [1.82, 2.24) is 0 Å². The van der Waals surface area contributed by atoms with Crippen LogP contribution in [0.2, 0.25) is 0 Å². The predicted octanol–water partition coefficient (Wildman–Crippen LogP) is 4.39. The second-order valence-corrected chi connectivity index (χ2v) is 5.72. The summed E-state index contributed by atoms with van der Waals surface area (Å²) in [6, 6.07) is 10.2. The monoisotopic (exact) mass is 403 g/mol. The molecule has 6 heteroatoms. The molecule has 0 spiro atoms. The summed E-state index contributed by atoms with van der Waals surface area (Å²) in [7, 11) is 0. The first kappa shape index (κ1) is 15.1. The van der Waals surface area contributed by atoms with E-state index in [9.17, 15) is 4.39 Å². The lowest BCUT2D eigenvalue weighted by atomic mass is 10.3. The van der Waals surface area contributed by atoms with Crippen LogP contribution in [0, 0.1) is 5.82 Å². The predicted molar refractivity (Wildman–Crippen MR) is 83.6 cm³/mol. The number of benzene rings is 2. The van der Waals surface area contributed by atoms with E-state index in [4.69, 9.17) is 15.2 Å². The molecule has 20 heavy (non-hydrogen) atoms. The summed E-state index contributed by atoms with van der Waals surface area (Å²) in [6.45, 7) is 0.625. The fraction of sp³-hybridized carbons (Fsp3) is 0.143. The summed E-state index contributed by atoms with van der Waals surface area (Å²) < 4.78 is 25.5. The molecule has 0 unspecified atom stereocenters. The van der Waals surface area contributed by atoms with Crippen molar-refractivity contribution in [1.29, 1.82) is 0 Å². The molecule has 2 rings (SSSR count). The standard InChI is InChI=1S/C14H12Br2FNO2/c15-9-1-3-10(4-2-9)19-5-6-20-14-8-12(17)11(16)7-13(14)18/h1-4,7-8H,5-6,18H2. The van der Waals surface area contributed by atoms with Crippen LogP contribution in [-0.2, 0) is 0 Å². The van der Waals surface area contributed by atoms with Crippen LogP contribution < -0.4 is 15.2 Å². The number of nitrogens with two attached hydrogens (primary N) is 1. The van der Waals surface area contributed by atoms with Gasteiger partial charge in [-0.25, -0.2) is 4.39 Å². The Morgan fingerprint density at radius 2 is 1.65 bits per heavy atom. The highest BCUT2D eigenvalue weighted by molar-refractivity contribution is 9.10. The summed E-state index contributed by atoms with van der Waals surface area (Å²) in [5, 5.41) is 0. The fourth-order valence-electron chi connectivity index (χ4n) is 1.51. The lowest BCUT2D eigenvalue weighted by molar-refractivity contribution is 0.217. The minimum atomic E-state index is -0.414. The third-order valence-corrected chi connectivity index (χ3v) is 3.61. The summed E-state index contributed by atoms with van der Waals surface area (Å²) in [4.78, 5) is 0. The maximum Gasteiger partial charge on any atom is 0.145 e. The van der Waals surface area contributed by atoms with Gasteiger partial charge in [-0.1, -0.05) is 15.9 Å². The van der Waals surface area contributed by atoms with Gasteiger partial charge in [0.15, 0.2) is 0 Å². The van der Waals surface area contributed by atoms with E-state index >= 15 is 0 Å². The number of rotatable bonds is 5. The molecule has 0 fully saturated rings. The van der Waals surface area contributed by atoms with E-state index in [0.717, 1.165) is 10.2 Å². The van der Waals surface area contributed by atoms with Gasteiger partial charge in [0, 0.05) is 10.5 Å². The topological polar surface area (TPSA) is 44.5 Å². The van der Waals surface area contributed by atoms with Gasteiger partial charge in [0.05, 0.1) is 10.2 Å². The van der Waals surface area contributed by atoms with Gasteiger partial charge in [0.1, 0.15) is 30.5 Å². The number of nitrogen functional groups attached to an aromatic ring is 1. The van der Waals surface area contributed by atoms with Gasteiger partial charge in [-0.2, -0.15) is 0 Å². The Morgan fingerprint density at radius 3 is 2.35 bits per heavy atom. The largest absolute Gasteiger partial charge is 0.490 e. The Labute approximate surface area is 133 Å². The van der Waals surface area contributed by atoms with E-state index in [1.54, 1.807) is 0 Å². The van der Waals surface area contributed by atoms with Crippen molar-refractivity contribution >= 4 is 37.5 Å². The first-order valence-corrected chi connectivity index (χ1v) is 7.40. The molecular formula is C14H12Br2FNO2. The maximum atomic E-state index is 13.4. The normalized spacial score (nSPS) is 10.3. The molecule has 0 aromatic heterocycles. The highest BCUT2D eigenvalue weighted by Crippen LogP contribution is 2.28. The van der Waals surface area contributed by atoms with Crippen LogP contribution in [0.15, 0.2) is 45.3 Å². The number of hydrogen-bond acceptors (Lipinski definition) is 3. The second-order valence-electron chi connectivity index (χ2n) is 3.95. The number of hydrogen-bond donors (Lipinski definition) is 1. The van der Waals surface area contributed by atoms with Crippen molar-refractivity contribution in [2.45, 2.75) is 0 Å². The molecule has 0 aliphatic heterocycles. The van der Waals surface area contributed by atoms with E-state index in [2.05, 4.69) is 31.9 Å². The van der Waals surface area contributed by atoms with Crippen LogP contribution in [0.3, 0.4) is 0 Å². The molecule has 2 aromatic carbocycles. The minimum absolute atomic E-state index is 0.279. The molecule has 0 aliphatic rings. The molecule has 0 atom stereocenters.